The van der Waals surface area contributed by atoms with Crippen LogP contribution in [0.2, 0.25) is 0 Å². The Hall–Kier alpha value is -0.300. The van der Waals surface area contributed by atoms with Crippen molar-refractivity contribution in [3.63, 3.8) is 0 Å². The molecule has 0 aromatic carbocycles. The second kappa shape index (κ2) is 6.43. The second-order valence-electron chi connectivity index (χ2n) is 15.5. The zero-order chi connectivity index (χ0) is 22.7. The Kier molecular flexibility index (Phi) is 4.66. The lowest BCUT2D eigenvalue weighted by Crippen LogP contribution is -2.63. The largest absolute Gasteiger partial charge is 0.393 e. The summed E-state index contributed by atoms with van der Waals surface area (Å²) in [7, 11) is 0. The van der Waals surface area contributed by atoms with Gasteiger partial charge in [0.15, 0.2) is 0 Å². The zero-order valence-corrected chi connectivity index (χ0v) is 21.9. The van der Waals surface area contributed by atoms with Gasteiger partial charge in [-0.1, -0.05) is 67.0 Å². The zero-order valence-electron chi connectivity index (χ0n) is 21.9. The molecule has 1 N–H and O–H groups in total. The van der Waals surface area contributed by atoms with Crippen molar-refractivity contribution in [2.45, 2.75) is 126 Å². The van der Waals surface area contributed by atoms with Crippen LogP contribution in [0, 0.1) is 50.2 Å². The van der Waals surface area contributed by atoms with Gasteiger partial charge < -0.3 is 5.11 Å². The monoisotopic (exact) mass is 426 g/mol. The molecule has 0 heterocycles. The molecule has 0 saturated heterocycles. The lowest BCUT2D eigenvalue weighted by molar-refractivity contribution is -0.182. The summed E-state index contributed by atoms with van der Waals surface area (Å²) in [5, 5.41) is 10.6. The van der Waals surface area contributed by atoms with Gasteiger partial charge in [-0.15, -0.1) is 0 Å². The normalized spacial score (nSPS) is 55.2. The first kappa shape index (κ1) is 22.5. The molecule has 0 aromatic heterocycles. The lowest BCUT2D eigenvalue weighted by atomic mass is 9.33. The average Bonchev–Trinajstić information content (AvgIpc) is 2.64. The van der Waals surface area contributed by atoms with E-state index in [0.717, 1.165) is 24.7 Å². The van der Waals surface area contributed by atoms with E-state index in [4.69, 9.17) is 0 Å². The Morgan fingerprint density at radius 3 is 2.19 bits per heavy atom. The molecular formula is C30H50O. The van der Waals surface area contributed by atoms with Crippen molar-refractivity contribution in [2.24, 2.45) is 50.2 Å². The highest BCUT2D eigenvalue weighted by molar-refractivity contribution is 5.35. The van der Waals surface area contributed by atoms with Gasteiger partial charge in [0.2, 0.25) is 0 Å². The van der Waals surface area contributed by atoms with E-state index in [0.29, 0.717) is 38.4 Å². The Bertz CT molecular complexity index is 790. The molecule has 0 spiro atoms. The van der Waals surface area contributed by atoms with Gasteiger partial charge in [-0.05, 0) is 114 Å². The summed E-state index contributed by atoms with van der Waals surface area (Å²) in [6, 6.07) is 0. The van der Waals surface area contributed by atoms with E-state index in [1.165, 1.54) is 51.4 Å². The molecule has 4 fully saturated rings. The Morgan fingerprint density at radius 2 is 1.48 bits per heavy atom. The minimum Gasteiger partial charge on any atom is -0.393 e. The molecule has 4 saturated carbocycles. The van der Waals surface area contributed by atoms with Crippen LogP contribution in [0.15, 0.2) is 11.6 Å². The quantitative estimate of drug-likeness (QED) is 0.387. The third-order valence-electron chi connectivity index (χ3n) is 12.3. The first-order chi connectivity index (χ1) is 14.2. The molecule has 0 bridgehead atoms. The maximum atomic E-state index is 10.6. The van der Waals surface area contributed by atoms with Crippen molar-refractivity contribution in [3.8, 4) is 0 Å². The molecule has 5 aliphatic carbocycles. The standard InChI is InChI=1S/C30H50O/c1-25(2)15-16-27(5)12-10-21-29(7,24(27)18-25)14-11-22-28(6)13-9-20(31)17-23(28)26(3,4)19-30(21,22)8/h10,20,22-24,31H,9,11-19H2,1-8H3/t20-,22+,23+,24+,27-,28+,29+,30-/m0/s1. The van der Waals surface area contributed by atoms with Crippen LogP contribution in [0.3, 0.4) is 0 Å². The molecule has 31 heavy (non-hydrogen) atoms. The summed E-state index contributed by atoms with van der Waals surface area (Å²) in [6.07, 6.45) is 15.6. The van der Waals surface area contributed by atoms with Gasteiger partial charge in [0, 0.05) is 0 Å². The molecule has 5 rings (SSSR count). The van der Waals surface area contributed by atoms with Crippen molar-refractivity contribution < 1.29 is 5.11 Å². The summed E-state index contributed by atoms with van der Waals surface area (Å²) < 4.78 is 0. The van der Waals surface area contributed by atoms with Gasteiger partial charge in [-0.25, -0.2) is 0 Å². The number of hydrogen-bond acceptors (Lipinski definition) is 1. The summed E-state index contributed by atoms with van der Waals surface area (Å²) in [5.74, 6) is 2.28. The molecule has 176 valence electrons. The topological polar surface area (TPSA) is 20.2 Å². The molecule has 1 heteroatoms. The fourth-order valence-electron chi connectivity index (χ4n) is 11.1. The summed E-state index contributed by atoms with van der Waals surface area (Å²) in [6.45, 7) is 20.8. The van der Waals surface area contributed by atoms with E-state index >= 15 is 0 Å². The number of allylic oxidation sites excluding steroid dienone is 2. The molecule has 8 atom stereocenters. The average molecular weight is 427 g/mol. The van der Waals surface area contributed by atoms with Gasteiger partial charge in [0.25, 0.3) is 0 Å². The minimum atomic E-state index is -0.0744. The highest BCUT2D eigenvalue weighted by atomic mass is 16.3. The van der Waals surface area contributed by atoms with E-state index in [1.54, 1.807) is 0 Å². The van der Waals surface area contributed by atoms with E-state index in [9.17, 15) is 5.11 Å². The molecule has 0 aromatic rings. The van der Waals surface area contributed by atoms with Crippen LogP contribution in [0.4, 0.5) is 0 Å². The summed E-state index contributed by atoms with van der Waals surface area (Å²) in [5.41, 5.74) is 4.25. The minimum absolute atomic E-state index is 0.0744. The summed E-state index contributed by atoms with van der Waals surface area (Å²) in [4.78, 5) is 0. The number of aliphatic hydroxyl groups excluding tert-OH is 1. The Labute approximate surface area is 192 Å². The van der Waals surface area contributed by atoms with Crippen LogP contribution >= 0.6 is 0 Å². The molecule has 0 radical (unpaired) electrons. The fourth-order valence-corrected chi connectivity index (χ4v) is 11.1. The second-order valence-corrected chi connectivity index (χ2v) is 15.5. The molecule has 0 unspecified atom stereocenters. The number of fused-ring (bicyclic) bond motifs is 7. The van der Waals surface area contributed by atoms with Crippen LogP contribution in [0.5, 0.6) is 0 Å². The van der Waals surface area contributed by atoms with Crippen LogP contribution < -0.4 is 0 Å². The van der Waals surface area contributed by atoms with Gasteiger partial charge in [-0.3, -0.25) is 0 Å². The van der Waals surface area contributed by atoms with E-state index in [1.807, 2.05) is 5.57 Å². The predicted molar refractivity (Wildman–Crippen MR) is 131 cm³/mol. The number of aliphatic hydroxyl groups is 1. The highest BCUT2D eigenvalue weighted by Crippen LogP contribution is 2.76. The van der Waals surface area contributed by atoms with Crippen LogP contribution in [0.1, 0.15) is 120 Å². The maximum absolute atomic E-state index is 10.6. The van der Waals surface area contributed by atoms with Crippen LogP contribution in [0.25, 0.3) is 0 Å². The molecule has 0 amide bonds. The molecular weight excluding hydrogens is 376 g/mol. The van der Waals surface area contributed by atoms with Crippen LogP contribution in [-0.2, 0) is 0 Å². The number of rotatable bonds is 0. The van der Waals surface area contributed by atoms with Crippen LogP contribution in [-0.4, -0.2) is 11.2 Å². The number of hydrogen-bond donors (Lipinski definition) is 1. The van der Waals surface area contributed by atoms with E-state index < -0.39 is 0 Å². The molecule has 0 aliphatic heterocycles. The van der Waals surface area contributed by atoms with Gasteiger partial charge >= 0.3 is 0 Å². The SMILES string of the molecule is CC1(C)CC[C@]2(C)CC=C3[C@]4(C)CC(C)(C)[C@H]5C[C@@H](O)CC[C@]5(C)[C@H]4CC[C@@]3(C)[C@@H]2C1. The molecule has 5 aliphatic rings. The Balaban J connectivity index is 1.60. The van der Waals surface area contributed by atoms with Gasteiger partial charge in [-0.2, -0.15) is 0 Å². The van der Waals surface area contributed by atoms with Gasteiger partial charge in [0.05, 0.1) is 6.10 Å². The third-order valence-corrected chi connectivity index (χ3v) is 12.3. The first-order valence-electron chi connectivity index (χ1n) is 13.6. The fraction of sp³-hybridized carbons (Fsp3) is 0.933. The van der Waals surface area contributed by atoms with Crippen molar-refractivity contribution in [2.75, 3.05) is 0 Å². The maximum Gasteiger partial charge on any atom is 0.0543 e. The summed E-state index contributed by atoms with van der Waals surface area (Å²) >= 11 is 0. The van der Waals surface area contributed by atoms with Gasteiger partial charge in [0.1, 0.15) is 0 Å². The van der Waals surface area contributed by atoms with Crippen molar-refractivity contribution in [3.05, 3.63) is 11.6 Å². The van der Waals surface area contributed by atoms with Crippen molar-refractivity contribution in [1.82, 2.24) is 0 Å². The van der Waals surface area contributed by atoms with E-state index in [-0.39, 0.29) is 6.10 Å². The lowest BCUT2D eigenvalue weighted by Gasteiger charge is -2.71. The van der Waals surface area contributed by atoms with Crippen molar-refractivity contribution in [1.29, 1.82) is 0 Å². The molecule has 1 nitrogen and oxygen atoms in total. The van der Waals surface area contributed by atoms with E-state index in [2.05, 4.69) is 61.5 Å². The van der Waals surface area contributed by atoms with Crippen molar-refractivity contribution >= 4 is 0 Å². The smallest absolute Gasteiger partial charge is 0.0543 e. The third kappa shape index (κ3) is 2.96. The predicted octanol–water partition coefficient (Wildman–Crippen LogP) is 8.17. The highest BCUT2D eigenvalue weighted by Gasteiger charge is 2.67. The first-order valence-corrected chi connectivity index (χ1v) is 13.6. The Morgan fingerprint density at radius 1 is 0.774 bits per heavy atom.